The maximum Gasteiger partial charge on any atom is 0.119 e. The van der Waals surface area contributed by atoms with E-state index in [4.69, 9.17) is 4.74 Å². The van der Waals surface area contributed by atoms with E-state index in [-0.39, 0.29) is 0 Å². The Morgan fingerprint density at radius 1 is 1.05 bits per heavy atom. The van der Waals surface area contributed by atoms with Crippen LogP contribution in [0.5, 0.6) is 5.75 Å². The highest BCUT2D eigenvalue weighted by Gasteiger charge is 2.01. The molecular weight excluding hydrogens is 258 g/mol. The minimum absolute atomic E-state index is 0.557. The van der Waals surface area contributed by atoms with Crippen LogP contribution in [-0.2, 0) is 13.2 Å². The van der Waals surface area contributed by atoms with Crippen LogP contribution in [0, 0.1) is 6.92 Å². The smallest absolute Gasteiger partial charge is 0.119 e. The molecule has 0 bridgehead atoms. The normalized spacial score (nSPS) is 12.1. The van der Waals surface area contributed by atoms with Gasteiger partial charge in [-0.3, -0.25) is 0 Å². The SMILES string of the molecule is CCC(C)NCc1ccc(OCc2ccccc2C)cc1. The van der Waals surface area contributed by atoms with Gasteiger partial charge in [-0.1, -0.05) is 43.3 Å². The molecule has 0 fully saturated rings. The second kappa shape index (κ2) is 7.84. The van der Waals surface area contributed by atoms with Gasteiger partial charge >= 0.3 is 0 Å². The first-order chi connectivity index (χ1) is 10.2. The van der Waals surface area contributed by atoms with Crippen molar-refractivity contribution in [1.82, 2.24) is 5.32 Å². The van der Waals surface area contributed by atoms with Crippen molar-refractivity contribution in [3.05, 3.63) is 65.2 Å². The van der Waals surface area contributed by atoms with Crippen molar-refractivity contribution >= 4 is 0 Å². The highest BCUT2D eigenvalue weighted by Crippen LogP contribution is 2.16. The molecule has 0 saturated heterocycles. The molecule has 1 unspecified atom stereocenters. The maximum atomic E-state index is 5.85. The largest absolute Gasteiger partial charge is 0.489 e. The van der Waals surface area contributed by atoms with E-state index in [1.807, 2.05) is 12.1 Å². The van der Waals surface area contributed by atoms with Gasteiger partial charge in [-0.25, -0.2) is 0 Å². The van der Waals surface area contributed by atoms with Gasteiger partial charge in [-0.15, -0.1) is 0 Å². The third-order valence-corrected chi connectivity index (χ3v) is 3.85. The predicted octanol–water partition coefficient (Wildman–Crippen LogP) is 4.46. The second-order valence-corrected chi connectivity index (χ2v) is 5.55. The standard InChI is InChI=1S/C19H25NO/c1-4-16(3)20-13-17-9-11-19(12-10-17)21-14-18-8-6-5-7-15(18)2/h5-12,16,20H,4,13-14H2,1-3H3. The number of nitrogens with one attached hydrogen (secondary N) is 1. The molecule has 0 amide bonds. The Bertz CT molecular complexity index is 548. The Balaban J connectivity index is 1.86. The summed E-state index contributed by atoms with van der Waals surface area (Å²) in [5.41, 5.74) is 3.80. The van der Waals surface area contributed by atoms with Gasteiger partial charge in [0.05, 0.1) is 0 Å². The summed E-state index contributed by atoms with van der Waals surface area (Å²) < 4.78 is 5.85. The molecule has 2 nitrogen and oxygen atoms in total. The number of hydrogen-bond acceptors (Lipinski definition) is 2. The number of hydrogen-bond donors (Lipinski definition) is 1. The van der Waals surface area contributed by atoms with E-state index >= 15 is 0 Å². The van der Waals surface area contributed by atoms with Gasteiger partial charge in [0.15, 0.2) is 0 Å². The van der Waals surface area contributed by atoms with Crippen molar-refractivity contribution in [2.75, 3.05) is 0 Å². The average molecular weight is 283 g/mol. The van der Waals surface area contributed by atoms with Gasteiger partial charge < -0.3 is 10.1 Å². The molecule has 2 aromatic carbocycles. The maximum absolute atomic E-state index is 5.85. The fraction of sp³-hybridized carbons (Fsp3) is 0.368. The van der Waals surface area contributed by atoms with Crippen LogP contribution in [0.1, 0.15) is 37.0 Å². The second-order valence-electron chi connectivity index (χ2n) is 5.55. The molecule has 1 N–H and O–H groups in total. The molecule has 2 rings (SSSR count). The number of aryl methyl sites for hydroxylation is 1. The van der Waals surface area contributed by atoms with E-state index in [9.17, 15) is 0 Å². The first kappa shape index (κ1) is 15.6. The van der Waals surface area contributed by atoms with Crippen LogP contribution in [-0.4, -0.2) is 6.04 Å². The summed E-state index contributed by atoms with van der Waals surface area (Å²) in [5, 5.41) is 3.49. The third kappa shape index (κ3) is 4.91. The predicted molar refractivity (Wildman–Crippen MR) is 88.5 cm³/mol. The zero-order valence-corrected chi connectivity index (χ0v) is 13.2. The molecule has 21 heavy (non-hydrogen) atoms. The van der Waals surface area contributed by atoms with Gasteiger partial charge in [0.1, 0.15) is 12.4 Å². The molecule has 2 aromatic rings. The zero-order chi connectivity index (χ0) is 15.1. The molecule has 0 radical (unpaired) electrons. The highest BCUT2D eigenvalue weighted by atomic mass is 16.5. The highest BCUT2D eigenvalue weighted by molar-refractivity contribution is 5.29. The number of rotatable bonds is 7. The molecule has 2 heteroatoms. The summed E-state index contributed by atoms with van der Waals surface area (Å²) in [7, 11) is 0. The third-order valence-electron chi connectivity index (χ3n) is 3.85. The Morgan fingerprint density at radius 3 is 2.43 bits per heavy atom. The van der Waals surface area contributed by atoms with E-state index in [1.54, 1.807) is 0 Å². The van der Waals surface area contributed by atoms with Gasteiger partial charge in [0.2, 0.25) is 0 Å². The van der Waals surface area contributed by atoms with Crippen LogP contribution in [0.3, 0.4) is 0 Å². The summed E-state index contributed by atoms with van der Waals surface area (Å²) in [4.78, 5) is 0. The molecule has 0 saturated carbocycles. The number of benzene rings is 2. The topological polar surface area (TPSA) is 21.3 Å². The van der Waals surface area contributed by atoms with Crippen LogP contribution in [0.15, 0.2) is 48.5 Å². The molecule has 1 atom stereocenters. The molecule has 0 aliphatic rings. The monoisotopic (exact) mass is 283 g/mol. The fourth-order valence-electron chi connectivity index (χ4n) is 2.07. The molecule has 0 heterocycles. The quantitative estimate of drug-likeness (QED) is 0.810. The lowest BCUT2D eigenvalue weighted by atomic mass is 10.1. The van der Waals surface area contributed by atoms with Gasteiger partial charge in [0, 0.05) is 12.6 Å². The first-order valence-electron chi connectivity index (χ1n) is 7.68. The van der Waals surface area contributed by atoms with Crippen LogP contribution in [0.4, 0.5) is 0 Å². The van der Waals surface area contributed by atoms with E-state index in [0.717, 1.165) is 18.7 Å². The Kier molecular flexibility index (Phi) is 5.82. The minimum Gasteiger partial charge on any atom is -0.489 e. The average Bonchev–Trinajstić information content (AvgIpc) is 2.53. The van der Waals surface area contributed by atoms with Crippen molar-refractivity contribution in [1.29, 1.82) is 0 Å². The van der Waals surface area contributed by atoms with E-state index in [1.165, 1.54) is 16.7 Å². The Hall–Kier alpha value is -1.80. The van der Waals surface area contributed by atoms with Crippen molar-refractivity contribution in [3.8, 4) is 5.75 Å². The van der Waals surface area contributed by atoms with Crippen LogP contribution < -0.4 is 10.1 Å². The van der Waals surface area contributed by atoms with Crippen LogP contribution in [0.2, 0.25) is 0 Å². The van der Waals surface area contributed by atoms with E-state index < -0.39 is 0 Å². The van der Waals surface area contributed by atoms with E-state index in [2.05, 4.69) is 62.5 Å². The van der Waals surface area contributed by atoms with Gasteiger partial charge in [-0.05, 0) is 49.1 Å². The van der Waals surface area contributed by atoms with Crippen molar-refractivity contribution in [3.63, 3.8) is 0 Å². The van der Waals surface area contributed by atoms with Gasteiger partial charge in [-0.2, -0.15) is 0 Å². The van der Waals surface area contributed by atoms with Crippen molar-refractivity contribution < 1.29 is 4.74 Å². The van der Waals surface area contributed by atoms with Crippen molar-refractivity contribution in [2.24, 2.45) is 0 Å². The lowest BCUT2D eigenvalue weighted by Crippen LogP contribution is -2.24. The molecule has 0 aliphatic heterocycles. The van der Waals surface area contributed by atoms with E-state index in [0.29, 0.717) is 12.6 Å². The summed E-state index contributed by atoms with van der Waals surface area (Å²) in [6.45, 7) is 8.05. The molecule has 112 valence electrons. The Morgan fingerprint density at radius 2 is 1.76 bits per heavy atom. The number of ether oxygens (including phenoxy) is 1. The molecule has 0 spiro atoms. The Labute approximate surface area is 128 Å². The minimum atomic E-state index is 0.557. The summed E-state index contributed by atoms with van der Waals surface area (Å²) >= 11 is 0. The van der Waals surface area contributed by atoms with Crippen LogP contribution >= 0.6 is 0 Å². The molecule has 0 aliphatic carbocycles. The summed E-state index contributed by atoms with van der Waals surface area (Å²) in [6.07, 6.45) is 1.15. The van der Waals surface area contributed by atoms with Crippen molar-refractivity contribution in [2.45, 2.75) is 46.4 Å². The first-order valence-corrected chi connectivity index (χ1v) is 7.68. The van der Waals surface area contributed by atoms with Crippen LogP contribution in [0.25, 0.3) is 0 Å². The summed E-state index contributed by atoms with van der Waals surface area (Å²) in [5.74, 6) is 0.922. The lowest BCUT2D eigenvalue weighted by Gasteiger charge is -2.12. The van der Waals surface area contributed by atoms with Gasteiger partial charge in [0.25, 0.3) is 0 Å². The summed E-state index contributed by atoms with van der Waals surface area (Å²) in [6, 6.07) is 17.2. The fourth-order valence-corrected chi connectivity index (χ4v) is 2.07. The lowest BCUT2D eigenvalue weighted by molar-refractivity contribution is 0.305. The zero-order valence-electron chi connectivity index (χ0n) is 13.2. The molecule has 0 aromatic heterocycles. The molecular formula is C19H25NO.